The van der Waals surface area contributed by atoms with Crippen molar-refractivity contribution >= 4 is 23.9 Å². The molecule has 1 aliphatic rings. The molecule has 0 bridgehead atoms. The zero-order valence-corrected chi connectivity index (χ0v) is 13.4. The molecule has 0 saturated heterocycles. The molecule has 2 rings (SSSR count). The van der Waals surface area contributed by atoms with Gasteiger partial charge < -0.3 is 0 Å². The highest BCUT2D eigenvalue weighted by molar-refractivity contribution is 6.03. The van der Waals surface area contributed by atoms with Gasteiger partial charge in [0.1, 0.15) is 0 Å². The Kier molecular flexibility index (Phi) is 6.27. The molecule has 0 spiro atoms. The van der Waals surface area contributed by atoms with E-state index >= 15 is 0 Å². The third-order valence-corrected chi connectivity index (χ3v) is 3.40. The normalized spacial score (nSPS) is 20.0. The third kappa shape index (κ3) is 4.90. The summed E-state index contributed by atoms with van der Waals surface area (Å²) in [5, 5.41) is 0. The molecule has 0 aromatic heterocycles. The summed E-state index contributed by atoms with van der Waals surface area (Å²) in [6.45, 7) is 1.72. The Morgan fingerprint density at radius 1 is 0.920 bits per heavy atom. The largest absolute Gasteiger partial charge is 0.387 e. The van der Waals surface area contributed by atoms with Gasteiger partial charge in [-0.1, -0.05) is 24.3 Å². The summed E-state index contributed by atoms with van der Waals surface area (Å²) >= 11 is 0. The summed E-state index contributed by atoms with van der Waals surface area (Å²) in [5.74, 6) is -4.33. The second kappa shape index (κ2) is 8.62. The van der Waals surface area contributed by atoms with Gasteiger partial charge in [0.05, 0.1) is 23.5 Å². The van der Waals surface area contributed by atoms with Gasteiger partial charge in [0, 0.05) is 0 Å². The Balaban J connectivity index is 2.27. The van der Waals surface area contributed by atoms with E-state index < -0.39 is 29.8 Å². The van der Waals surface area contributed by atoms with E-state index in [1.54, 1.807) is 19.1 Å². The molecule has 1 atom stereocenters. The van der Waals surface area contributed by atoms with E-state index in [4.69, 9.17) is 0 Å². The Morgan fingerprint density at radius 2 is 1.52 bits per heavy atom. The predicted molar refractivity (Wildman–Crippen MR) is 81.6 cm³/mol. The molecule has 8 heteroatoms. The van der Waals surface area contributed by atoms with E-state index in [0.717, 1.165) is 0 Å². The van der Waals surface area contributed by atoms with Crippen LogP contribution < -0.4 is 0 Å². The first kappa shape index (κ1) is 18.2. The third-order valence-electron chi connectivity index (χ3n) is 3.40. The van der Waals surface area contributed by atoms with E-state index in [1.807, 2.05) is 0 Å². The number of carbonyl (C=O) groups excluding carboxylic acids is 4. The molecule has 1 aliphatic heterocycles. The standard InChI is InChI=1S/C17H16O8/c1-2-6-11-7-5-10-14(18)22-24-16(20)12-8-3-4-9-13(12)17(21)25-23-15(11)19/h2-4,6,8-9,11H,5,7,10H2,1H3/b6-2+. The molecular formula is C17H16O8. The van der Waals surface area contributed by atoms with Crippen molar-refractivity contribution in [1.29, 1.82) is 0 Å². The fourth-order valence-electron chi connectivity index (χ4n) is 2.19. The average molecular weight is 348 g/mol. The Morgan fingerprint density at radius 3 is 2.12 bits per heavy atom. The monoisotopic (exact) mass is 348 g/mol. The van der Waals surface area contributed by atoms with Crippen molar-refractivity contribution in [1.82, 2.24) is 0 Å². The van der Waals surface area contributed by atoms with Gasteiger partial charge in [0.2, 0.25) is 0 Å². The lowest BCUT2D eigenvalue weighted by Gasteiger charge is -2.12. The highest BCUT2D eigenvalue weighted by atomic mass is 17.2. The van der Waals surface area contributed by atoms with E-state index in [1.165, 1.54) is 24.3 Å². The van der Waals surface area contributed by atoms with E-state index in [9.17, 15) is 19.2 Å². The first-order chi connectivity index (χ1) is 12.0. The van der Waals surface area contributed by atoms with Gasteiger partial charge in [0.25, 0.3) is 0 Å². The molecule has 25 heavy (non-hydrogen) atoms. The van der Waals surface area contributed by atoms with Crippen LogP contribution in [0.25, 0.3) is 0 Å². The molecule has 0 fully saturated rings. The number of rotatable bonds is 1. The smallest absolute Gasteiger partial charge is 0.247 e. The second-order valence-electron chi connectivity index (χ2n) is 5.17. The van der Waals surface area contributed by atoms with Crippen LogP contribution in [0.5, 0.6) is 0 Å². The summed E-state index contributed by atoms with van der Waals surface area (Å²) in [4.78, 5) is 65.6. The lowest BCUT2D eigenvalue weighted by Crippen LogP contribution is -2.22. The molecule has 132 valence electrons. The van der Waals surface area contributed by atoms with Gasteiger partial charge in [-0.25, -0.2) is 38.7 Å². The van der Waals surface area contributed by atoms with Crippen LogP contribution in [0.1, 0.15) is 46.9 Å². The van der Waals surface area contributed by atoms with Gasteiger partial charge in [0.15, 0.2) is 0 Å². The minimum absolute atomic E-state index is 0.0595. The summed E-state index contributed by atoms with van der Waals surface area (Å²) in [6.07, 6.45) is 3.70. The first-order valence-electron chi connectivity index (χ1n) is 7.59. The van der Waals surface area contributed by atoms with Gasteiger partial charge in [-0.2, -0.15) is 0 Å². The lowest BCUT2D eigenvalue weighted by atomic mass is 10.0. The summed E-state index contributed by atoms with van der Waals surface area (Å²) in [7, 11) is 0. The summed E-state index contributed by atoms with van der Waals surface area (Å²) in [5.41, 5.74) is -0.394. The molecule has 0 amide bonds. The molecule has 8 nitrogen and oxygen atoms in total. The number of hydrogen-bond acceptors (Lipinski definition) is 8. The number of fused-ring (bicyclic) bond motifs is 1. The Labute approximate surface area is 143 Å². The van der Waals surface area contributed by atoms with Crippen LogP contribution in [-0.2, 0) is 29.1 Å². The fraction of sp³-hybridized carbons (Fsp3) is 0.294. The Hall–Kier alpha value is -3.16. The average Bonchev–Trinajstić information content (AvgIpc) is 2.62. The van der Waals surface area contributed by atoms with Crippen LogP contribution in [0.4, 0.5) is 0 Å². The minimum Gasteiger partial charge on any atom is -0.247 e. The molecule has 0 radical (unpaired) electrons. The molecular weight excluding hydrogens is 332 g/mol. The minimum atomic E-state index is -1.05. The molecule has 1 aromatic carbocycles. The summed E-state index contributed by atoms with van der Waals surface area (Å²) < 4.78 is 0. The number of carbonyl (C=O) groups is 4. The molecule has 0 saturated carbocycles. The lowest BCUT2D eigenvalue weighted by molar-refractivity contribution is -0.238. The van der Waals surface area contributed by atoms with Crippen LogP contribution in [-0.4, -0.2) is 23.9 Å². The molecule has 1 aromatic rings. The number of benzene rings is 1. The molecule has 1 heterocycles. The van der Waals surface area contributed by atoms with Crippen molar-refractivity contribution in [2.45, 2.75) is 26.2 Å². The van der Waals surface area contributed by atoms with Crippen LogP contribution in [0, 0.1) is 5.92 Å². The zero-order chi connectivity index (χ0) is 18.2. The summed E-state index contributed by atoms with van der Waals surface area (Å²) in [6, 6.07) is 5.52. The van der Waals surface area contributed by atoms with E-state index in [2.05, 4.69) is 19.6 Å². The maximum Gasteiger partial charge on any atom is 0.387 e. The van der Waals surface area contributed by atoms with Crippen molar-refractivity contribution in [3.8, 4) is 0 Å². The van der Waals surface area contributed by atoms with Gasteiger partial charge in [-0.05, 0) is 31.9 Å². The van der Waals surface area contributed by atoms with Crippen LogP contribution in [0.15, 0.2) is 36.4 Å². The van der Waals surface area contributed by atoms with Crippen molar-refractivity contribution < 1.29 is 38.7 Å². The maximum absolute atomic E-state index is 12.1. The van der Waals surface area contributed by atoms with E-state index in [0.29, 0.717) is 0 Å². The molecule has 0 N–H and O–H groups in total. The predicted octanol–water partition coefficient (Wildman–Crippen LogP) is 2.29. The maximum atomic E-state index is 12.1. The number of hydrogen-bond donors (Lipinski definition) is 0. The fourth-order valence-corrected chi connectivity index (χ4v) is 2.19. The highest BCUT2D eigenvalue weighted by Crippen LogP contribution is 2.17. The van der Waals surface area contributed by atoms with Gasteiger partial charge >= 0.3 is 23.9 Å². The van der Waals surface area contributed by atoms with Crippen molar-refractivity contribution in [3.63, 3.8) is 0 Å². The van der Waals surface area contributed by atoms with Crippen LogP contribution >= 0.6 is 0 Å². The molecule has 1 unspecified atom stereocenters. The van der Waals surface area contributed by atoms with Crippen LogP contribution in [0.3, 0.4) is 0 Å². The van der Waals surface area contributed by atoms with Gasteiger partial charge in [-0.3, -0.25) is 0 Å². The molecule has 0 aliphatic carbocycles. The second-order valence-corrected chi connectivity index (χ2v) is 5.17. The SMILES string of the molecule is C/C=C/C1CCCC(=O)OOC(=O)c2ccccc2C(=O)OOC1=O. The number of allylic oxidation sites excluding steroid dienone is 1. The van der Waals surface area contributed by atoms with Crippen molar-refractivity contribution in [3.05, 3.63) is 47.5 Å². The van der Waals surface area contributed by atoms with E-state index in [-0.39, 0.29) is 30.4 Å². The van der Waals surface area contributed by atoms with Gasteiger partial charge in [-0.15, -0.1) is 0 Å². The topological polar surface area (TPSA) is 105 Å². The zero-order valence-electron chi connectivity index (χ0n) is 13.4. The quantitative estimate of drug-likeness (QED) is 0.562. The highest BCUT2D eigenvalue weighted by Gasteiger charge is 2.25. The first-order valence-corrected chi connectivity index (χ1v) is 7.59. The van der Waals surface area contributed by atoms with Crippen molar-refractivity contribution in [2.24, 2.45) is 5.92 Å². The van der Waals surface area contributed by atoms with Crippen LogP contribution in [0.2, 0.25) is 0 Å². The Bertz CT molecular complexity index is 706. The van der Waals surface area contributed by atoms with Crippen molar-refractivity contribution in [2.75, 3.05) is 0 Å².